The summed E-state index contributed by atoms with van der Waals surface area (Å²) in [5, 5.41) is 1.64. The fraction of sp³-hybridized carbons (Fsp3) is 0.684. The van der Waals surface area contributed by atoms with Gasteiger partial charge in [-0.3, -0.25) is 9.80 Å². The number of aryl methyl sites for hydroxylation is 2. The predicted molar refractivity (Wildman–Crippen MR) is 185 cm³/mol. The summed E-state index contributed by atoms with van der Waals surface area (Å²) in [6.45, 7) is 16.4. The zero-order chi connectivity index (χ0) is 30.6. The average molecular weight is 630 g/mol. The first-order valence-corrected chi connectivity index (χ1v) is 18.1. The molecule has 0 spiro atoms. The van der Waals surface area contributed by atoms with E-state index >= 15 is 0 Å². The van der Waals surface area contributed by atoms with E-state index in [0.717, 1.165) is 72.6 Å². The molecule has 0 radical (unpaired) electrons. The largest absolute Gasteiger partial charge is 0.381 e. The lowest BCUT2D eigenvalue weighted by Crippen LogP contribution is -2.46. The van der Waals surface area contributed by atoms with Crippen LogP contribution >= 0.6 is 23.2 Å². The molecule has 0 N–H and O–H groups in total. The minimum Gasteiger partial charge on any atom is -0.381 e. The van der Waals surface area contributed by atoms with E-state index < -0.39 is 0 Å². The normalized spacial score (nSPS) is 25.1. The quantitative estimate of drug-likeness (QED) is 0.172. The Balaban J connectivity index is 1.27. The van der Waals surface area contributed by atoms with Crippen molar-refractivity contribution in [3.8, 4) is 0 Å². The van der Waals surface area contributed by atoms with Crippen LogP contribution in [0.1, 0.15) is 90.2 Å². The lowest BCUT2D eigenvalue weighted by Gasteiger charge is -2.41. The second kappa shape index (κ2) is 18.1. The maximum absolute atomic E-state index is 6.46. The molecule has 0 aromatic heterocycles. The topological polar surface area (TPSA) is 15.7 Å². The molecule has 2 fully saturated rings. The molecule has 3 nitrogen and oxygen atoms in total. The Bertz CT molecular complexity index is 941. The van der Waals surface area contributed by atoms with Crippen molar-refractivity contribution in [2.45, 2.75) is 104 Å². The van der Waals surface area contributed by atoms with E-state index in [0.29, 0.717) is 12.1 Å². The standard InChI is InChI=1S/C38H58Cl2N2O/c1-29-23-30(2)26-41(25-29)37(9-5-7-33-11-15-35(39)16-12-33)19-21-43-22-20-38(42-27-31(3)24-32(4)28-42)10-6-8-34-13-17-36(40)18-14-34/h11-18,29-32,37-38H,5-10,19-28H2,1-4H3/t29-,30+,31-,32+,37?,38?. The highest BCUT2D eigenvalue weighted by molar-refractivity contribution is 6.30. The van der Waals surface area contributed by atoms with Gasteiger partial charge in [-0.15, -0.1) is 0 Å². The molecular formula is C38H58Cl2N2O. The lowest BCUT2D eigenvalue weighted by atomic mass is 9.89. The van der Waals surface area contributed by atoms with E-state index in [1.165, 1.54) is 75.8 Å². The van der Waals surface area contributed by atoms with Gasteiger partial charge in [0.1, 0.15) is 0 Å². The Morgan fingerprint density at radius 2 is 0.930 bits per heavy atom. The molecule has 240 valence electrons. The molecule has 2 aromatic rings. The third-order valence-corrected chi connectivity index (χ3v) is 10.4. The molecule has 0 aliphatic carbocycles. The summed E-state index contributed by atoms with van der Waals surface area (Å²) in [5.41, 5.74) is 2.78. The van der Waals surface area contributed by atoms with Gasteiger partial charge in [0.05, 0.1) is 0 Å². The Kier molecular flexibility index (Phi) is 14.7. The van der Waals surface area contributed by atoms with Crippen LogP contribution in [-0.2, 0) is 17.6 Å². The molecule has 43 heavy (non-hydrogen) atoms. The van der Waals surface area contributed by atoms with Crippen LogP contribution in [0.4, 0.5) is 0 Å². The maximum Gasteiger partial charge on any atom is 0.0480 e. The molecule has 5 heteroatoms. The fourth-order valence-corrected chi connectivity index (χ4v) is 8.22. The summed E-state index contributed by atoms with van der Waals surface area (Å²) in [4.78, 5) is 5.58. The van der Waals surface area contributed by atoms with Gasteiger partial charge in [0.15, 0.2) is 0 Å². The van der Waals surface area contributed by atoms with E-state index in [1.807, 2.05) is 24.3 Å². The van der Waals surface area contributed by atoms with Gasteiger partial charge in [-0.2, -0.15) is 0 Å². The molecule has 2 aromatic carbocycles. The fourth-order valence-electron chi connectivity index (χ4n) is 7.96. The van der Waals surface area contributed by atoms with Gasteiger partial charge >= 0.3 is 0 Å². The van der Waals surface area contributed by atoms with Crippen LogP contribution in [0.3, 0.4) is 0 Å². The van der Waals surface area contributed by atoms with Gasteiger partial charge in [0.2, 0.25) is 0 Å². The van der Waals surface area contributed by atoms with Crippen LogP contribution < -0.4 is 0 Å². The molecule has 4 rings (SSSR count). The van der Waals surface area contributed by atoms with Crippen LogP contribution in [0.15, 0.2) is 48.5 Å². The molecule has 2 heterocycles. The molecule has 0 amide bonds. The van der Waals surface area contributed by atoms with Crippen LogP contribution in [0.2, 0.25) is 10.0 Å². The number of likely N-dealkylation sites (tertiary alicyclic amines) is 2. The Morgan fingerprint density at radius 1 is 0.581 bits per heavy atom. The smallest absolute Gasteiger partial charge is 0.0480 e. The molecule has 2 aliphatic heterocycles. The maximum atomic E-state index is 6.46. The van der Waals surface area contributed by atoms with E-state index in [1.54, 1.807) is 0 Å². The summed E-state index contributed by atoms with van der Waals surface area (Å²) in [6.07, 6.45) is 12.1. The van der Waals surface area contributed by atoms with E-state index in [4.69, 9.17) is 27.9 Å². The summed E-state index contributed by atoms with van der Waals surface area (Å²) in [7, 11) is 0. The molecule has 2 saturated heterocycles. The van der Waals surface area contributed by atoms with E-state index in [-0.39, 0.29) is 0 Å². The Hall–Kier alpha value is -1.10. The van der Waals surface area contributed by atoms with Crippen molar-refractivity contribution in [1.29, 1.82) is 0 Å². The Labute approximate surface area is 273 Å². The number of rotatable bonds is 16. The minimum absolute atomic E-state index is 0.608. The van der Waals surface area contributed by atoms with Crippen LogP contribution in [0.25, 0.3) is 0 Å². The molecule has 2 unspecified atom stereocenters. The first-order valence-electron chi connectivity index (χ1n) is 17.3. The summed E-state index contributed by atoms with van der Waals surface area (Å²) in [5.74, 6) is 3.13. The number of ether oxygens (including phenoxy) is 1. The second-order valence-electron chi connectivity index (χ2n) is 14.3. The highest BCUT2D eigenvalue weighted by Gasteiger charge is 2.29. The highest BCUT2D eigenvalue weighted by Crippen LogP contribution is 2.28. The lowest BCUT2D eigenvalue weighted by molar-refractivity contribution is 0.0385. The SMILES string of the molecule is C[C@@H]1C[C@H](C)CN(C(CCCc2ccc(Cl)cc2)CCOCCC(CCCc2ccc(Cl)cc2)N2C[C@H](C)C[C@H](C)C2)C1. The molecule has 6 atom stereocenters. The number of hydrogen-bond acceptors (Lipinski definition) is 3. The van der Waals surface area contributed by atoms with Crippen molar-refractivity contribution in [2.24, 2.45) is 23.7 Å². The van der Waals surface area contributed by atoms with Gasteiger partial charge in [0, 0.05) is 61.5 Å². The van der Waals surface area contributed by atoms with Gasteiger partial charge < -0.3 is 4.74 Å². The summed E-state index contributed by atoms with van der Waals surface area (Å²) < 4.78 is 6.46. The van der Waals surface area contributed by atoms with Crippen molar-refractivity contribution in [3.05, 3.63) is 69.7 Å². The highest BCUT2D eigenvalue weighted by atomic mass is 35.5. The van der Waals surface area contributed by atoms with Gasteiger partial charge in [-0.1, -0.05) is 75.2 Å². The zero-order valence-electron chi connectivity index (χ0n) is 27.5. The third kappa shape index (κ3) is 12.3. The van der Waals surface area contributed by atoms with Crippen molar-refractivity contribution < 1.29 is 4.74 Å². The number of hydrogen-bond donors (Lipinski definition) is 0. The summed E-state index contributed by atoms with van der Waals surface area (Å²) >= 11 is 12.2. The van der Waals surface area contributed by atoms with E-state index in [9.17, 15) is 0 Å². The van der Waals surface area contributed by atoms with Gasteiger partial charge in [-0.05, 0) is 123 Å². The van der Waals surface area contributed by atoms with E-state index in [2.05, 4.69) is 61.8 Å². The monoisotopic (exact) mass is 628 g/mol. The van der Waals surface area contributed by atoms with Crippen molar-refractivity contribution in [2.75, 3.05) is 39.4 Å². The molecule has 0 saturated carbocycles. The number of benzene rings is 2. The molecular weight excluding hydrogens is 571 g/mol. The number of halogens is 2. The average Bonchev–Trinajstić information content (AvgIpc) is 2.96. The van der Waals surface area contributed by atoms with Gasteiger partial charge in [0.25, 0.3) is 0 Å². The Morgan fingerprint density at radius 3 is 1.28 bits per heavy atom. The third-order valence-electron chi connectivity index (χ3n) is 9.85. The first kappa shape index (κ1) is 34.8. The first-order chi connectivity index (χ1) is 20.7. The van der Waals surface area contributed by atoms with Crippen molar-refractivity contribution >= 4 is 23.2 Å². The van der Waals surface area contributed by atoms with Crippen LogP contribution in [-0.4, -0.2) is 61.3 Å². The van der Waals surface area contributed by atoms with Crippen molar-refractivity contribution in [3.63, 3.8) is 0 Å². The minimum atomic E-state index is 0.608. The molecule has 2 aliphatic rings. The number of piperidine rings is 2. The van der Waals surface area contributed by atoms with Crippen LogP contribution in [0, 0.1) is 23.7 Å². The molecule has 0 bridgehead atoms. The van der Waals surface area contributed by atoms with Crippen molar-refractivity contribution in [1.82, 2.24) is 9.80 Å². The number of nitrogens with zero attached hydrogens (tertiary/aromatic N) is 2. The second-order valence-corrected chi connectivity index (χ2v) is 15.2. The zero-order valence-corrected chi connectivity index (χ0v) is 29.0. The summed E-state index contributed by atoms with van der Waals surface area (Å²) in [6, 6.07) is 18.0. The van der Waals surface area contributed by atoms with Crippen LogP contribution in [0.5, 0.6) is 0 Å². The predicted octanol–water partition coefficient (Wildman–Crippen LogP) is 9.83. The van der Waals surface area contributed by atoms with Gasteiger partial charge in [-0.25, -0.2) is 0 Å².